The Kier molecular flexibility index (Phi) is 3.48. The maximum atomic E-state index is 6.01. The van der Waals surface area contributed by atoms with Crippen LogP contribution in [0.25, 0.3) is 0 Å². The molecule has 0 bridgehead atoms. The molecule has 1 aromatic rings. The molecule has 3 rings (SSSR count). The van der Waals surface area contributed by atoms with Crippen LogP contribution in [0.3, 0.4) is 0 Å². The summed E-state index contributed by atoms with van der Waals surface area (Å²) in [4.78, 5) is 0. The van der Waals surface area contributed by atoms with Gasteiger partial charge < -0.3 is 10.1 Å². The van der Waals surface area contributed by atoms with Gasteiger partial charge in [0, 0.05) is 23.0 Å². The molecule has 98 valence electrons. The Morgan fingerprint density at radius 1 is 1.33 bits per heavy atom. The Hall–Kier alpha value is -0.380. The number of hydrogen-bond acceptors (Lipinski definition) is 2. The van der Waals surface area contributed by atoms with Gasteiger partial charge in [0.15, 0.2) is 0 Å². The van der Waals surface area contributed by atoms with E-state index in [1.165, 1.54) is 22.9 Å². The molecule has 0 aromatic heterocycles. The predicted molar refractivity (Wildman–Crippen MR) is 76.9 cm³/mol. The fourth-order valence-electron chi connectivity index (χ4n) is 3.23. The first-order chi connectivity index (χ1) is 8.70. The Morgan fingerprint density at radius 3 is 2.67 bits per heavy atom. The Balaban J connectivity index is 1.80. The highest BCUT2D eigenvalue weighted by Gasteiger charge is 2.43. The van der Waals surface area contributed by atoms with Crippen LogP contribution in [-0.4, -0.2) is 25.3 Å². The van der Waals surface area contributed by atoms with Crippen LogP contribution in [0, 0.1) is 0 Å². The summed E-state index contributed by atoms with van der Waals surface area (Å²) in [5.74, 6) is 0. The van der Waals surface area contributed by atoms with Crippen molar-refractivity contribution in [2.75, 3.05) is 13.1 Å². The van der Waals surface area contributed by atoms with Gasteiger partial charge in [-0.05, 0) is 37.8 Å². The van der Waals surface area contributed by atoms with E-state index in [1.807, 2.05) is 0 Å². The summed E-state index contributed by atoms with van der Waals surface area (Å²) in [5.41, 5.74) is 1.71. The second-order valence-corrected chi connectivity index (χ2v) is 6.57. The molecule has 0 amide bonds. The maximum absolute atomic E-state index is 6.01. The molecule has 3 heteroatoms. The Morgan fingerprint density at radius 2 is 2.11 bits per heavy atom. The summed E-state index contributed by atoms with van der Waals surface area (Å²) in [6.07, 6.45) is 4.46. The Bertz CT molecular complexity index is 430. The monoisotopic (exact) mass is 309 g/mol. The first kappa shape index (κ1) is 12.6. The summed E-state index contributed by atoms with van der Waals surface area (Å²) < 4.78 is 7.24. The number of benzene rings is 1. The number of rotatable bonds is 3. The second kappa shape index (κ2) is 4.95. The third-order valence-corrected chi connectivity index (χ3v) is 5.00. The molecule has 2 unspecified atom stereocenters. The second-order valence-electron chi connectivity index (χ2n) is 5.71. The zero-order valence-electron chi connectivity index (χ0n) is 10.8. The topological polar surface area (TPSA) is 21.3 Å². The maximum Gasteiger partial charge on any atom is 0.0589 e. The lowest BCUT2D eigenvalue weighted by Crippen LogP contribution is -2.58. The molecule has 2 nitrogen and oxygen atoms in total. The van der Waals surface area contributed by atoms with Crippen molar-refractivity contribution in [2.24, 2.45) is 0 Å². The van der Waals surface area contributed by atoms with Crippen LogP contribution in [0.15, 0.2) is 28.7 Å². The van der Waals surface area contributed by atoms with Crippen LogP contribution in [0.4, 0.5) is 0 Å². The molecule has 18 heavy (non-hydrogen) atoms. The lowest BCUT2D eigenvalue weighted by atomic mass is 9.71. The van der Waals surface area contributed by atoms with Crippen LogP contribution in [0.5, 0.6) is 0 Å². The molecule has 2 heterocycles. The summed E-state index contributed by atoms with van der Waals surface area (Å²) in [5, 5.41) is 3.44. The average molecular weight is 310 g/mol. The molecule has 1 aromatic carbocycles. The Labute approximate surface area is 117 Å². The van der Waals surface area contributed by atoms with Crippen molar-refractivity contribution < 1.29 is 4.74 Å². The van der Waals surface area contributed by atoms with Crippen LogP contribution >= 0.6 is 15.9 Å². The van der Waals surface area contributed by atoms with Gasteiger partial charge in [0.2, 0.25) is 0 Å². The molecule has 0 aliphatic carbocycles. The van der Waals surface area contributed by atoms with Crippen molar-refractivity contribution in [3.63, 3.8) is 0 Å². The molecule has 2 aliphatic heterocycles. The molecular formula is C15H20BrNO. The van der Waals surface area contributed by atoms with Crippen molar-refractivity contribution in [1.82, 2.24) is 5.32 Å². The normalized spacial score (nSPS) is 30.1. The van der Waals surface area contributed by atoms with E-state index in [4.69, 9.17) is 4.74 Å². The molecular weight excluding hydrogens is 290 g/mol. The zero-order valence-corrected chi connectivity index (χ0v) is 12.4. The SMILES string of the molecule is CC1CCC(CC2(c3ccccc3Br)CNC2)O1. The minimum absolute atomic E-state index is 0.273. The lowest BCUT2D eigenvalue weighted by Gasteiger charge is -2.45. The van der Waals surface area contributed by atoms with Crippen LogP contribution in [0.2, 0.25) is 0 Å². The van der Waals surface area contributed by atoms with Gasteiger partial charge >= 0.3 is 0 Å². The van der Waals surface area contributed by atoms with Crippen molar-refractivity contribution in [1.29, 1.82) is 0 Å². The van der Waals surface area contributed by atoms with Crippen molar-refractivity contribution in [3.8, 4) is 0 Å². The molecule has 0 saturated carbocycles. The van der Waals surface area contributed by atoms with Gasteiger partial charge in [-0.2, -0.15) is 0 Å². The first-order valence-electron chi connectivity index (χ1n) is 6.81. The fraction of sp³-hybridized carbons (Fsp3) is 0.600. The number of ether oxygens (including phenoxy) is 1. The highest BCUT2D eigenvalue weighted by Crippen LogP contribution is 2.40. The van der Waals surface area contributed by atoms with Gasteiger partial charge in [-0.15, -0.1) is 0 Å². The molecule has 2 aliphatic rings. The highest BCUT2D eigenvalue weighted by molar-refractivity contribution is 9.10. The van der Waals surface area contributed by atoms with E-state index in [2.05, 4.69) is 52.4 Å². The molecule has 0 radical (unpaired) electrons. The molecule has 2 saturated heterocycles. The number of halogens is 1. The van der Waals surface area contributed by atoms with E-state index in [0.29, 0.717) is 12.2 Å². The van der Waals surface area contributed by atoms with Gasteiger partial charge in [-0.1, -0.05) is 34.1 Å². The highest BCUT2D eigenvalue weighted by atomic mass is 79.9. The largest absolute Gasteiger partial charge is 0.375 e. The molecule has 2 atom stereocenters. The van der Waals surface area contributed by atoms with E-state index in [-0.39, 0.29) is 5.41 Å². The van der Waals surface area contributed by atoms with E-state index in [1.54, 1.807) is 0 Å². The third-order valence-electron chi connectivity index (χ3n) is 4.31. The molecule has 1 N–H and O–H groups in total. The summed E-state index contributed by atoms with van der Waals surface area (Å²) in [6, 6.07) is 8.62. The number of nitrogens with one attached hydrogen (secondary N) is 1. The van der Waals surface area contributed by atoms with Crippen LogP contribution < -0.4 is 5.32 Å². The minimum Gasteiger partial charge on any atom is -0.375 e. The van der Waals surface area contributed by atoms with Crippen molar-refractivity contribution >= 4 is 15.9 Å². The van der Waals surface area contributed by atoms with Crippen LogP contribution in [-0.2, 0) is 10.2 Å². The first-order valence-corrected chi connectivity index (χ1v) is 7.60. The standard InChI is InChI=1S/C15H20BrNO/c1-11-6-7-12(18-11)8-15(9-17-10-15)13-4-2-3-5-14(13)16/h2-5,11-12,17H,6-10H2,1H3. The third kappa shape index (κ3) is 2.24. The quantitative estimate of drug-likeness (QED) is 0.925. The summed E-state index contributed by atoms with van der Waals surface area (Å²) in [7, 11) is 0. The predicted octanol–water partition coefficient (Wildman–Crippen LogP) is 3.25. The zero-order chi connectivity index (χ0) is 12.6. The summed E-state index contributed by atoms with van der Waals surface area (Å²) >= 11 is 3.70. The van der Waals surface area contributed by atoms with E-state index in [0.717, 1.165) is 19.5 Å². The van der Waals surface area contributed by atoms with Gasteiger partial charge in [0.05, 0.1) is 12.2 Å². The van der Waals surface area contributed by atoms with E-state index < -0.39 is 0 Å². The van der Waals surface area contributed by atoms with Crippen molar-refractivity contribution in [2.45, 2.75) is 43.8 Å². The smallest absolute Gasteiger partial charge is 0.0589 e. The van der Waals surface area contributed by atoms with Gasteiger partial charge in [-0.3, -0.25) is 0 Å². The number of hydrogen-bond donors (Lipinski definition) is 1. The molecule has 2 fully saturated rings. The van der Waals surface area contributed by atoms with E-state index >= 15 is 0 Å². The fourth-order valence-corrected chi connectivity index (χ4v) is 3.94. The van der Waals surface area contributed by atoms with Gasteiger partial charge in [0.25, 0.3) is 0 Å². The van der Waals surface area contributed by atoms with E-state index in [9.17, 15) is 0 Å². The average Bonchev–Trinajstić information content (AvgIpc) is 2.71. The van der Waals surface area contributed by atoms with Crippen LogP contribution in [0.1, 0.15) is 31.7 Å². The van der Waals surface area contributed by atoms with Gasteiger partial charge in [-0.25, -0.2) is 0 Å². The molecule has 0 spiro atoms. The summed E-state index contributed by atoms with van der Waals surface area (Å²) in [6.45, 7) is 4.33. The lowest BCUT2D eigenvalue weighted by molar-refractivity contribution is 0.0272. The van der Waals surface area contributed by atoms with Gasteiger partial charge in [0.1, 0.15) is 0 Å². The van der Waals surface area contributed by atoms with Crippen molar-refractivity contribution in [3.05, 3.63) is 34.3 Å². The minimum atomic E-state index is 0.273.